The van der Waals surface area contributed by atoms with Gasteiger partial charge in [0, 0.05) is 11.4 Å². The number of carbonyl (C=O) groups excluding carboxylic acids is 1. The molecular formula is C17H17F3N2O. The highest BCUT2D eigenvalue weighted by Crippen LogP contribution is 2.34. The minimum atomic E-state index is -4.46. The van der Waals surface area contributed by atoms with Crippen molar-refractivity contribution in [1.82, 2.24) is 0 Å². The lowest BCUT2D eigenvalue weighted by Crippen LogP contribution is -2.23. The SMILES string of the molecule is CCc1ccc(NC(=O)CNc2ccccc2C(F)(F)F)cc1. The van der Waals surface area contributed by atoms with Crippen molar-refractivity contribution < 1.29 is 18.0 Å². The van der Waals surface area contributed by atoms with Crippen LogP contribution in [-0.2, 0) is 17.4 Å². The van der Waals surface area contributed by atoms with Crippen molar-refractivity contribution in [2.45, 2.75) is 19.5 Å². The maximum Gasteiger partial charge on any atom is 0.418 e. The number of hydrogen-bond acceptors (Lipinski definition) is 2. The molecule has 0 atom stereocenters. The molecule has 0 fully saturated rings. The van der Waals surface area contributed by atoms with E-state index in [1.54, 1.807) is 12.1 Å². The molecule has 0 saturated carbocycles. The molecule has 0 aliphatic carbocycles. The normalized spacial score (nSPS) is 11.1. The smallest absolute Gasteiger partial charge is 0.376 e. The van der Waals surface area contributed by atoms with Crippen LogP contribution in [0.15, 0.2) is 48.5 Å². The van der Waals surface area contributed by atoms with E-state index in [9.17, 15) is 18.0 Å². The average Bonchev–Trinajstić information content (AvgIpc) is 2.53. The topological polar surface area (TPSA) is 41.1 Å². The van der Waals surface area contributed by atoms with Crippen LogP contribution in [0, 0.1) is 0 Å². The standard InChI is InChI=1S/C17H17F3N2O/c1-2-12-7-9-13(10-8-12)22-16(23)11-21-15-6-4-3-5-14(15)17(18,19)20/h3-10,21H,2,11H2,1H3,(H,22,23). The largest absolute Gasteiger partial charge is 0.418 e. The summed E-state index contributed by atoms with van der Waals surface area (Å²) in [5, 5.41) is 5.17. The van der Waals surface area contributed by atoms with Gasteiger partial charge in [-0.25, -0.2) is 0 Å². The number of rotatable bonds is 5. The van der Waals surface area contributed by atoms with E-state index in [1.807, 2.05) is 19.1 Å². The Balaban J connectivity index is 1.97. The second kappa shape index (κ2) is 7.17. The lowest BCUT2D eigenvalue weighted by atomic mass is 10.1. The third-order valence-corrected chi connectivity index (χ3v) is 3.32. The lowest BCUT2D eigenvalue weighted by Gasteiger charge is -2.14. The van der Waals surface area contributed by atoms with E-state index in [4.69, 9.17) is 0 Å². The van der Waals surface area contributed by atoms with Gasteiger partial charge in [0.2, 0.25) is 5.91 Å². The van der Waals surface area contributed by atoms with Crippen molar-refractivity contribution in [3.8, 4) is 0 Å². The van der Waals surface area contributed by atoms with Crippen molar-refractivity contribution >= 4 is 17.3 Å². The highest BCUT2D eigenvalue weighted by Gasteiger charge is 2.33. The minimum Gasteiger partial charge on any atom is -0.376 e. The Bertz CT molecular complexity index is 666. The lowest BCUT2D eigenvalue weighted by molar-refractivity contribution is -0.137. The number of benzene rings is 2. The molecule has 0 aliphatic rings. The van der Waals surface area contributed by atoms with Crippen molar-refractivity contribution in [2.75, 3.05) is 17.2 Å². The average molecular weight is 322 g/mol. The third-order valence-electron chi connectivity index (χ3n) is 3.32. The van der Waals surface area contributed by atoms with Crippen LogP contribution < -0.4 is 10.6 Å². The summed E-state index contributed by atoms with van der Waals surface area (Å²) in [5.74, 6) is -0.411. The highest BCUT2D eigenvalue weighted by atomic mass is 19.4. The molecule has 23 heavy (non-hydrogen) atoms. The van der Waals surface area contributed by atoms with Crippen LogP contribution in [-0.4, -0.2) is 12.5 Å². The van der Waals surface area contributed by atoms with E-state index in [2.05, 4.69) is 10.6 Å². The van der Waals surface area contributed by atoms with Crippen LogP contribution in [0.25, 0.3) is 0 Å². The van der Waals surface area contributed by atoms with Gasteiger partial charge in [-0.3, -0.25) is 4.79 Å². The summed E-state index contributed by atoms with van der Waals surface area (Å²) in [4.78, 5) is 11.8. The van der Waals surface area contributed by atoms with Crippen molar-refractivity contribution in [3.05, 3.63) is 59.7 Å². The molecule has 0 aromatic heterocycles. The molecule has 1 amide bonds. The second-order valence-electron chi connectivity index (χ2n) is 5.00. The van der Waals surface area contributed by atoms with Gasteiger partial charge in [0.25, 0.3) is 0 Å². The number of carbonyl (C=O) groups is 1. The fourth-order valence-electron chi connectivity index (χ4n) is 2.09. The Labute approximate surface area is 132 Å². The van der Waals surface area contributed by atoms with Crippen LogP contribution in [0.1, 0.15) is 18.1 Å². The number of hydrogen-bond donors (Lipinski definition) is 2. The van der Waals surface area contributed by atoms with Crippen LogP contribution in [0.3, 0.4) is 0 Å². The maximum absolute atomic E-state index is 12.9. The summed E-state index contributed by atoms with van der Waals surface area (Å²) in [5.41, 5.74) is 0.843. The molecule has 2 aromatic carbocycles. The van der Waals surface area contributed by atoms with Crippen LogP contribution in [0.5, 0.6) is 0 Å². The molecule has 0 radical (unpaired) electrons. The number of anilines is 2. The van der Waals surface area contributed by atoms with Gasteiger partial charge in [0.05, 0.1) is 12.1 Å². The first-order chi connectivity index (χ1) is 10.9. The first-order valence-electron chi connectivity index (χ1n) is 7.19. The van der Waals surface area contributed by atoms with E-state index < -0.39 is 17.6 Å². The van der Waals surface area contributed by atoms with Crippen LogP contribution in [0.2, 0.25) is 0 Å². The zero-order chi connectivity index (χ0) is 16.9. The number of halogens is 3. The fraction of sp³-hybridized carbons (Fsp3) is 0.235. The molecular weight excluding hydrogens is 305 g/mol. The quantitative estimate of drug-likeness (QED) is 0.861. The van der Waals surface area contributed by atoms with Gasteiger partial charge in [-0.05, 0) is 36.2 Å². The summed E-state index contributed by atoms with van der Waals surface area (Å²) in [6.07, 6.45) is -3.57. The van der Waals surface area contributed by atoms with E-state index >= 15 is 0 Å². The molecule has 0 aliphatic heterocycles. The van der Waals surface area contributed by atoms with Crippen molar-refractivity contribution in [2.24, 2.45) is 0 Å². The van der Waals surface area contributed by atoms with Gasteiger partial charge in [-0.15, -0.1) is 0 Å². The zero-order valence-corrected chi connectivity index (χ0v) is 12.6. The summed E-state index contributed by atoms with van der Waals surface area (Å²) in [7, 11) is 0. The van der Waals surface area contributed by atoms with Crippen molar-refractivity contribution in [3.63, 3.8) is 0 Å². The van der Waals surface area contributed by atoms with Crippen molar-refractivity contribution in [1.29, 1.82) is 0 Å². The molecule has 0 spiro atoms. The Morgan fingerprint density at radius 3 is 2.30 bits per heavy atom. The Kier molecular flexibility index (Phi) is 5.26. The third kappa shape index (κ3) is 4.74. The molecule has 3 nitrogen and oxygen atoms in total. The predicted octanol–water partition coefficient (Wildman–Crippen LogP) is 4.32. The van der Waals surface area contributed by atoms with Gasteiger partial charge in [-0.1, -0.05) is 31.2 Å². The number of para-hydroxylation sites is 1. The van der Waals surface area contributed by atoms with Gasteiger partial charge >= 0.3 is 6.18 Å². The molecule has 2 aromatic rings. The van der Waals surface area contributed by atoms with E-state index in [0.717, 1.165) is 18.1 Å². The van der Waals surface area contributed by atoms with E-state index in [-0.39, 0.29) is 12.2 Å². The Morgan fingerprint density at radius 2 is 1.70 bits per heavy atom. The maximum atomic E-state index is 12.9. The monoisotopic (exact) mass is 322 g/mol. The molecule has 122 valence electrons. The molecule has 0 unspecified atom stereocenters. The molecule has 2 N–H and O–H groups in total. The Hall–Kier alpha value is -2.50. The molecule has 0 bridgehead atoms. The van der Waals surface area contributed by atoms with E-state index in [0.29, 0.717) is 5.69 Å². The second-order valence-corrected chi connectivity index (χ2v) is 5.00. The first-order valence-corrected chi connectivity index (χ1v) is 7.19. The number of amides is 1. The summed E-state index contributed by atoms with van der Waals surface area (Å²) < 4.78 is 38.6. The van der Waals surface area contributed by atoms with Gasteiger partial charge in [0.15, 0.2) is 0 Å². The summed E-state index contributed by atoms with van der Waals surface area (Å²) in [6, 6.07) is 12.4. The number of aryl methyl sites for hydroxylation is 1. The fourth-order valence-corrected chi connectivity index (χ4v) is 2.09. The number of nitrogens with one attached hydrogen (secondary N) is 2. The summed E-state index contributed by atoms with van der Waals surface area (Å²) >= 11 is 0. The molecule has 2 rings (SSSR count). The predicted molar refractivity (Wildman–Crippen MR) is 84.4 cm³/mol. The Morgan fingerprint density at radius 1 is 1.04 bits per heavy atom. The molecule has 0 saturated heterocycles. The minimum absolute atomic E-state index is 0.114. The number of alkyl halides is 3. The first kappa shape index (κ1) is 16.9. The van der Waals surface area contributed by atoms with Gasteiger partial charge < -0.3 is 10.6 Å². The molecule has 0 heterocycles. The van der Waals surface area contributed by atoms with Gasteiger partial charge in [-0.2, -0.15) is 13.2 Å². The highest BCUT2D eigenvalue weighted by molar-refractivity contribution is 5.93. The van der Waals surface area contributed by atoms with Crippen LogP contribution in [0.4, 0.5) is 24.5 Å². The zero-order valence-electron chi connectivity index (χ0n) is 12.6. The molecule has 6 heteroatoms. The summed E-state index contributed by atoms with van der Waals surface area (Å²) in [6.45, 7) is 1.78. The van der Waals surface area contributed by atoms with E-state index in [1.165, 1.54) is 18.2 Å². The van der Waals surface area contributed by atoms with Gasteiger partial charge in [0.1, 0.15) is 0 Å². The van der Waals surface area contributed by atoms with Crippen LogP contribution >= 0.6 is 0 Å².